The number of hydrogen-bond acceptors (Lipinski definition) is 9. The van der Waals surface area contributed by atoms with Crippen molar-refractivity contribution < 1.29 is 33.3 Å². The number of hydrogen-bond donors (Lipinski definition) is 0. The molecule has 0 N–H and O–H groups in total. The predicted molar refractivity (Wildman–Crippen MR) is 110 cm³/mol. The molecule has 0 fully saturated rings. The molecule has 0 spiro atoms. The topological polar surface area (TPSA) is 109 Å². The average Bonchev–Trinajstić information content (AvgIpc) is 3.24. The lowest BCUT2D eigenvalue weighted by Crippen LogP contribution is -2.55. The zero-order valence-corrected chi connectivity index (χ0v) is 17.9. The standard InChI is InChI=1S/C21H23N3O8/c1-13(2)23-10-22(9-14-4-5-16-17(8-14)30-11-29-16)24-7-6-15(25)19(18(24)20(23)26)31-12-32-21(27)28-3/h4-8,13H,9-12H2,1-3H3. The minimum atomic E-state index is -0.963. The fourth-order valence-corrected chi connectivity index (χ4v) is 3.49. The lowest BCUT2D eigenvalue weighted by atomic mass is 10.2. The first-order valence-electron chi connectivity index (χ1n) is 9.93. The third-order valence-corrected chi connectivity index (χ3v) is 5.09. The van der Waals surface area contributed by atoms with Crippen LogP contribution in [0.4, 0.5) is 4.79 Å². The van der Waals surface area contributed by atoms with E-state index in [2.05, 4.69) is 4.74 Å². The van der Waals surface area contributed by atoms with Gasteiger partial charge in [0.1, 0.15) is 6.67 Å². The van der Waals surface area contributed by atoms with E-state index in [4.69, 9.17) is 18.9 Å². The van der Waals surface area contributed by atoms with Gasteiger partial charge in [0.2, 0.25) is 24.8 Å². The first-order valence-corrected chi connectivity index (χ1v) is 9.93. The second kappa shape index (κ2) is 8.69. The minimum absolute atomic E-state index is 0.0478. The quantitative estimate of drug-likeness (QED) is 0.484. The molecule has 0 atom stereocenters. The van der Waals surface area contributed by atoms with Crippen molar-refractivity contribution in [1.29, 1.82) is 0 Å². The molecule has 1 aromatic heterocycles. The first kappa shape index (κ1) is 21.3. The zero-order valence-electron chi connectivity index (χ0n) is 17.9. The summed E-state index contributed by atoms with van der Waals surface area (Å²) in [5.41, 5.74) is 0.465. The van der Waals surface area contributed by atoms with E-state index in [9.17, 15) is 14.4 Å². The van der Waals surface area contributed by atoms with Crippen LogP contribution in [-0.4, -0.2) is 55.0 Å². The van der Waals surface area contributed by atoms with Crippen molar-refractivity contribution in [3.63, 3.8) is 0 Å². The van der Waals surface area contributed by atoms with E-state index in [0.29, 0.717) is 24.7 Å². The van der Waals surface area contributed by atoms with Crippen molar-refractivity contribution >= 4 is 12.1 Å². The molecule has 0 bridgehead atoms. The second-order valence-electron chi connectivity index (χ2n) is 7.43. The molecule has 11 nitrogen and oxygen atoms in total. The lowest BCUT2D eigenvalue weighted by molar-refractivity contribution is 0.0133. The molecule has 2 aliphatic heterocycles. The molecule has 2 aromatic rings. The largest absolute Gasteiger partial charge is 0.510 e. The van der Waals surface area contributed by atoms with Gasteiger partial charge in [-0.3, -0.25) is 19.3 Å². The van der Waals surface area contributed by atoms with Gasteiger partial charge in [0.25, 0.3) is 5.91 Å². The smallest absolute Gasteiger partial charge is 0.454 e. The molecule has 3 heterocycles. The van der Waals surface area contributed by atoms with E-state index >= 15 is 0 Å². The van der Waals surface area contributed by atoms with Gasteiger partial charge in [0, 0.05) is 18.3 Å². The van der Waals surface area contributed by atoms with Gasteiger partial charge < -0.3 is 28.6 Å². The van der Waals surface area contributed by atoms with Gasteiger partial charge >= 0.3 is 6.16 Å². The predicted octanol–water partition coefficient (Wildman–Crippen LogP) is 1.66. The van der Waals surface area contributed by atoms with E-state index in [1.807, 2.05) is 37.1 Å². The monoisotopic (exact) mass is 445 g/mol. The Bertz CT molecular complexity index is 1100. The Labute approximate surface area is 183 Å². The van der Waals surface area contributed by atoms with Crippen molar-refractivity contribution in [2.24, 2.45) is 0 Å². The summed E-state index contributed by atoms with van der Waals surface area (Å²) in [6, 6.07) is 6.78. The molecular formula is C21H23N3O8. The number of methoxy groups -OCH3 is 1. The normalized spacial score (nSPS) is 14.4. The number of ether oxygens (including phenoxy) is 5. The maximum atomic E-state index is 13.2. The van der Waals surface area contributed by atoms with Crippen LogP contribution in [0.25, 0.3) is 0 Å². The first-order chi connectivity index (χ1) is 15.4. The zero-order chi connectivity index (χ0) is 22.8. The number of pyridine rings is 1. The maximum absolute atomic E-state index is 13.2. The van der Waals surface area contributed by atoms with Crippen LogP contribution in [0.5, 0.6) is 17.2 Å². The molecule has 11 heteroatoms. The maximum Gasteiger partial charge on any atom is 0.510 e. The highest BCUT2D eigenvalue weighted by atomic mass is 16.8. The van der Waals surface area contributed by atoms with E-state index in [1.165, 1.54) is 12.3 Å². The summed E-state index contributed by atoms with van der Waals surface area (Å²) in [4.78, 5) is 38.6. The Kier molecular flexibility index (Phi) is 5.80. The minimum Gasteiger partial charge on any atom is -0.454 e. The molecule has 0 saturated carbocycles. The van der Waals surface area contributed by atoms with Crippen molar-refractivity contribution in [2.75, 3.05) is 32.4 Å². The molecule has 2 aliphatic rings. The van der Waals surface area contributed by atoms with Crippen molar-refractivity contribution in [2.45, 2.75) is 26.4 Å². The molecule has 0 unspecified atom stereocenters. The molecule has 0 aliphatic carbocycles. The van der Waals surface area contributed by atoms with Gasteiger partial charge in [0.15, 0.2) is 17.2 Å². The summed E-state index contributed by atoms with van der Waals surface area (Å²) >= 11 is 0. The lowest BCUT2D eigenvalue weighted by Gasteiger charge is -2.41. The van der Waals surface area contributed by atoms with E-state index in [0.717, 1.165) is 12.7 Å². The Morgan fingerprint density at radius 3 is 2.69 bits per heavy atom. The van der Waals surface area contributed by atoms with E-state index in [-0.39, 0.29) is 30.2 Å². The van der Waals surface area contributed by atoms with Gasteiger partial charge in [-0.25, -0.2) is 4.79 Å². The molecule has 170 valence electrons. The summed E-state index contributed by atoms with van der Waals surface area (Å²) in [5, 5.41) is 1.89. The van der Waals surface area contributed by atoms with E-state index in [1.54, 1.807) is 9.58 Å². The number of rotatable bonds is 6. The van der Waals surface area contributed by atoms with Gasteiger partial charge in [-0.1, -0.05) is 6.07 Å². The summed E-state index contributed by atoms with van der Waals surface area (Å²) in [7, 11) is 1.15. The van der Waals surface area contributed by atoms with Gasteiger partial charge in [0.05, 0.1) is 13.7 Å². The highest BCUT2D eigenvalue weighted by molar-refractivity contribution is 5.96. The van der Waals surface area contributed by atoms with Crippen molar-refractivity contribution in [3.05, 3.63) is 51.9 Å². The fraction of sp³-hybridized carbons (Fsp3) is 0.381. The van der Waals surface area contributed by atoms with Gasteiger partial charge in [-0.2, -0.15) is 0 Å². The van der Waals surface area contributed by atoms with E-state index < -0.39 is 18.4 Å². The summed E-state index contributed by atoms with van der Waals surface area (Å²) in [5.74, 6) is 0.757. The number of nitrogens with zero attached hydrogens (tertiary/aromatic N) is 3. The number of fused-ring (bicyclic) bond motifs is 2. The molecular weight excluding hydrogens is 422 g/mol. The van der Waals surface area contributed by atoms with Crippen LogP contribution in [0.1, 0.15) is 29.9 Å². The molecule has 1 amide bonds. The summed E-state index contributed by atoms with van der Waals surface area (Å²) in [6.07, 6.45) is 0.559. The fourth-order valence-electron chi connectivity index (χ4n) is 3.49. The number of aromatic nitrogens is 1. The van der Waals surface area contributed by atoms with Crippen molar-refractivity contribution in [3.8, 4) is 17.2 Å². The Balaban J connectivity index is 1.68. The highest BCUT2D eigenvalue weighted by Gasteiger charge is 2.34. The Morgan fingerprint density at radius 2 is 1.94 bits per heavy atom. The molecule has 1 aromatic carbocycles. The molecule has 0 saturated heterocycles. The number of benzene rings is 1. The average molecular weight is 445 g/mol. The summed E-state index contributed by atoms with van der Waals surface area (Å²) in [6.45, 7) is 4.08. The van der Waals surface area contributed by atoms with Crippen LogP contribution >= 0.6 is 0 Å². The SMILES string of the molecule is COC(=O)OCOc1c2n(ccc1=O)N(Cc1ccc3c(c1)OCO3)CN(C(C)C)C2=O. The molecule has 4 rings (SSSR count). The van der Waals surface area contributed by atoms with Crippen LogP contribution in [0.3, 0.4) is 0 Å². The highest BCUT2D eigenvalue weighted by Crippen LogP contribution is 2.33. The Hall–Kier alpha value is -3.89. The van der Waals surface area contributed by atoms with Gasteiger partial charge in [-0.05, 0) is 31.5 Å². The van der Waals surface area contributed by atoms with Crippen LogP contribution in [0.2, 0.25) is 0 Å². The van der Waals surface area contributed by atoms with Crippen LogP contribution in [-0.2, 0) is 16.0 Å². The molecule has 0 radical (unpaired) electrons. The van der Waals surface area contributed by atoms with Crippen LogP contribution in [0, 0.1) is 0 Å². The van der Waals surface area contributed by atoms with Crippen molar-refractivity contribution in [1.82, 2.24) is 9.58 Å². The van der Waals surface area contributed by atoms with Crippen LogP contribution in [0.15, 0.2) is 35.3 Å². The number of amides is 1. The third kappa shape index (κ3) is 4.01. The second-order valence-corrected chi connectivity index (χ2v) is 7.43. The third-order valence-electron chi connectivity index (χ3n) is 5.09. The Morgan fingerprint density at radius 1 is 1.16 bits per heavy atom. The number of carbonyl (C=O) groups is 2. The van der Waals surface area contributed by atoms with Crippen LogP contribution < -0.4 is 24.6 Å². The van der Waals surface area contributed by atoms with Gasteiger partial charge in [-0.15, -0.1) is 0 Å². The number of carbonyl (C=O) groups excluding carboxylic acids is 2. The molecule has 32 heavy (non-hydrogen) atoms. The summed E-state index contributed by atoms with van der Waals surface area (Å²) < 4.78 is 26.9.